The van der Waals surface area contributed by atoms with Crippen LogP contribution >= 0.6 is 0 Å². The van der Waals surface area contributed by atoms with Crippen molar-refractivity contribution in [1.29, 1.82) is 0 Å². The number of fused-ring (bicyclic) bond motifs is 1. The second-order valence-electron chi connectivity index (χ2n) is 6.24. The third-order valence-corrected chi connectivity index (χ3v) is 4.58. The van der Waals surface area contributed by atoms with Crippen molar-refractivity contribution < 1.29 is 13.9 Å². The number of aromatic amines is 1. The SMILES string of the molecule is COc1ccc2ccccc2c1CNC(=O)c1ccc(-c2ccco2)[nH]c1=O. The van der Waals surface area contributed by atoms with Gasteiger partial charge < -0.3 is 19.5 Å². The van der Waals surface area contributed by atoms with Gasteiger partial charge in [-0.1, -0.05) is 30.3 Å². The van der Waals surface area contributed by atoms with E-state index in [0.717, 1.165) is 16.3 Å². The molecule has 140 valence electrons. The summed E-state index contributed by atoms with van der Waals surface area (Å²) in [5.74, 6) is 0.757. The van der Waals surface area contributed by atoms with Crippen LogP contribution in [0.3, 0.4) is 0 Å². The number of carbonyl (C=O) groups is 1. The molecule has 28 heavy (non-hydrogen) atoms. The maximum atomic E-state index is 12.6. The third kappa shape index (κ3) is 3.27. The molecule has 2 aromatic heterocycles. The largest absolute Gasteiger partial charge is 0.496 e. The zero-order chi connectivity index (χ0) is 19.5. The summed E-state index contributed by atoms with van der Waals surface area (Å²) in [5, 5.41) is 4.85. The van der Waals surface area contributed by atoms with E-state index < -0.39 is 11.5 Å². The van der Waals surface area contributed by atoms with Gasteiger partial charge in [-0.15, -0.1) is 0 Å². The van der Waals surface area contributed by atoms with Crippen molar-refractivity contribution in [3.8, 4) is 17.2 Å². The van der Waals surface area contributed by atoms with Gasteiger partial charge in [0.05, 0.1) is 19.1 Å². The number of carbonyl (C=O) groups excluding carboxylic acids is 1. The van der Waals surface area contributed by atoms with E-state index in [9.17, 15) is 9.59 Å². The fourth-order valence-electron chi connectivity index (χ4n) is 3.18. The predicted octanol–water partition coefficient (Wildman–Crippen LogP) is 3.73. The fourth-order valence-corrected chi connectivity index (χ4v) is 3.18. The van der Waals surface area contributed by atoms with Crippen molar-refractivity contribution in [2.75, 3.05) is 7.11 Å². The number of pyridine rings is 1. The van der Waals surface area contributed by atoms with Crippen molar-refractivity contribution >= 4 is 16.7 Å². The summed E-state index contributed by atoms with van der Waals surface area (Å²) in [4.78, 5) is 27.6. The molecule has 0 bridgehead atoms. The van der Waals surface area contributed by atoms with Crippen molar-refractivity contribution in [3.63, 3.8) is 0 Å². The van der Waals surface area contributed by atoms with Crippen LogP contribution in [-0.2, 0) is 6.54 Å². The van der Waals surface area contributed by atoms with Gasteiger partial charge in [-0.2, -0.15) is 0 Å². The quantitative estimate of drug-likeness (QED) is 0.557. The second-order valence-corrected chi connectivity index (χ2v) is 6.24. The van der Waals surface area contributed by atoms with Gasteiger partial charge in [-0.05, 0) is 41.1 Å². The van der Waals surface area contributed by atoms with Crippen LogP contribution in [0.5, 0.6) is 5.75 Å². The van der Waals surface area contributed by atoms with Crippen LogP contribution in [0.2, 0.25) is 0 Å². The molecule has 4 aromatic rings. The summed E-state index contributed by atoms with van der Waals surface area (Å²) in [6.07, 6.45) is 1.52. The maximum Gasteiger partial charge on any atom is 0.261 e. The molecule has 4 rings (SSSR count). The number of hydrogen-bond donors (Lipinski definition) is 2. The van der Waals surface area contributed by atoms with Crippen LogP contribution in [0.15, 0.2) is 76.1 Å². The summed E-state index contributed by atoms with van der Waals surface area (Å²) in [7, 11) is 1.59. The minimum Gasteiger partial charge on any atom is -0.496 e. The monoisotopic (exact) mass is 374 g/mol. The number of benzene rings is 2. The van der Waals surface area contributed by atoms with Crippen LogP contribution in [-0.4, -0.2) is 18.0 Å². The number of aromatic nitrogens is 1. The first-order valence-corrected chi connectivity index (χ1v) is 8.77. The normalized spacial score (nSPS) is 10.8. The molecule has 0 aliphatic heterocycles. The molecule has 0 aliphatic rings. The van der Waals surface area contributed by atoms with Gasteiger partial charge in [-0.25, -0.2) is 0 Å². The highest BCUT2D eigenvalue weighted by Gasteiger charge is 2.14. The fraction of sp³-hybridized carbons (Fsp3) is 0.0909. The number of furan rings is 1. The van der Waals surface area contributed by atoms with E-state index in [1.807, 2.05) is 36.4 Å². The lowest BCUT2D eigenvalue weighted by Gasteiger charge is -2.13. The molecular weight excluding hydrogens is 356 g/mol. The van der Waals surface area contributed by atoms with Gasteiger partial charge in [-0.3, -0.25) is 9.59 Å². The van der Waals surface area contributed by atoms with Gasteiger partial charge in [0.25, 0.3) is 11.5 Å². The number of amides is 1. The standard InChI is InChI=1S/C22H18N2O4/c1-27-19-11-8-14-5-2-3-6-15(14)17(19)13-23-21(25)16-9-10-18(24-22(16)26)20-7-4-12-28-20/h2-12H,13H2,1H3,(H,23,25)(H,24,26). The number of methoxy groups -OCH3 is 1. The zero-order valence-electron chi connectivity index (χ0n) is 15.2. The molecule has 0 saturated heterocycles. The van der Waals surface area contributed by atoms with Gasteiger partial charge in [0.2, 0.25) is 0 Å². The summed E-state index contributed by atoms with van der Waals surface area (Å²) in [5.41, 5.74) is 0.936. The van der Waals surface area contributed by atoms with E-state index >= 15 is 0 Å². The first-order chi connectivity index (χ1) is 13.7. The Kier molecular flexibility index (Phi) is 4.68. The van der Waals surface area contributed by atoms with Crippen LogP contribution in [0, 0.1) is 0 Å². The molecule has 1 amide bonds. The lowest BCUT2D eigenvalue weighted by atomic mass is 10.0. The van der Waals surface area contributed by atoms with Crippen LogP contribution in [0.1, 0.15) is 15.9 Å². The lowest BCUT2D eigenvalue weighted by Crippen LogP contribution is -2.29. The lowest BCUT2D eigenvalue weighted by molar-refractivity contribution is 0.0949. The first-order valence-electron chi connectivity index (χ1n) is 8.77. The number of nitrogens with one attached hydrogen (secondary N) is 2. The molecule has 0 saturated carbocycles. The highest BCUT2D eigenvalue weighted by molar-refractivity contribution is 5.94. The number of rotatable bonds is 5. The molecule has 6 nitrogen and oxygen atoms in total. The Bertz CT molecular complexity index is 1190. The Morgan fingerprint density at radius 3 is 2.68 bits per heavy atom. The van der Waals surface area contributed by atoms with E-state index in [1.165, 1.54) is 12.3 Å². The topological polar surface area (TPSA) is 84.3 Å². The molecule has 0 spiro atoms. The highest BCUT2D eigenvalue weighted by Crippen LogP contribution is 2.27. The van der Waals surface area contributed by atoms with Crippen molar-refractivity contribution in [1.82, 2.24) is 10.3 Å². The molecule has 0 atom stereocenters. The molecule has 0 aliphatic carbocycles. The average molecular weight is 374 g/mol. The number of H-pyrrole nitrogens is 1. The Labute approximate surface area is 160 Å². The summed E-state index contributed by atoms with van der Waals surface area (Å²) in [6.45, 7) is 0.239. The zero-order valence-corrected chi connectivity index (χ0v) is 15.2. The molecule has 2 aromatic carbocycles. The van der Waals surface area contributed by atoms with E-state index in [2.05, 4.69) is 10.3 Å². The Balaban J connectivity index is 1.59. The molecule has 2 heterocycles. The Morgan fingerprint density at radius 2 is 1.93 bits per heavy atom. The second kappa shape index (κ2) is 7.44. The molecule has 0 radical (unpaired) electrons. The minimum atomic E-state index is -0.476. The molecule has 2 N–H and O–H groups in total. The summed E-state index contributed by atoms with van der Waals surface area (Å²) in [6, 6.07) is 18.3. The number of ether oxygens (including phenoxy) is 1. The molecule has 0 fully saturated rings. The van der Waals surface area contributed by atoms with E-state index in [-0.39, 0.29) is 12.1 Å². The smallest absolute Gasteiger partial charge is 0.261 e. The van der Waals surface area contributed by atoms with Gasteiger partial charge >= 0.3 is 0 Å². The van der Waals surface area contributed by atoms with Crippen LogP contribution in [0.25, 0.3) is 22.2 Å². The Morgan fingerprint density at radius 1 is 1.07 bits per heavy atom. The predicted molar refractivity (Wildman–Crippen MR) is 106 cm³/mol. The average Bonchev–Trinajstić information content (AvgIpc) is 3.26. The highest BCUT2D eigenvalue weighted by atomic mass is 16.5. The van der Waals surface area contributed by atoms with E-state index in [4.69, 9.17) is 9.15 Å². The molecular formula is C22H18N2O4. The van der Waals surface area contributed by atoms with Crippen molar-refractivity contribution in [3.05, 3.63) is 88.4 Å². The van der Waals surface area contributed by atoms with Gasteiger partial charge in [0.1, 0.15) is 17.1 Å². The molecule has 0 unspecified atom stereocenters. The summed E-state index contributed by atoms with van der Waals surface area (Å²) >= 11 is 0. The Hall–Kier alpha value is -3.80. The molecule has 6 heteroatoms. The van der Waals surface area contributed by atoms with Crippen LogP contribution < -0.4 is 15.6 Å². The van der Waals surface area contributed by atoms with Crippen molar-refractivity contribution in [2.45, 2.75) is 6.54 Å². The van der Waals surface area contributed by atoms with Crippen LogP contribution in [0.4, 0.5) is 0 Å². The van der Waals surface area contributed by atoms with Gasteiger partial charge in [0, 0.05) is 12.1 Å². The van der Waals surface area contributed by atoms with Crippen molar-refractivity contribution in [2.24, 2.45) is 0 Å². The maximum absolute atomic E-state index is 12.6. The van der Waals surface area contributed by atoms with Gasteiger partial charge in [0.15, 0.2) is 0 Å². The third-order valence-electron chi connectivity index (χ3n) is 4.58. The summed E-state index contributed by atoms with van der Waals surface area (Å²) < 4.78 is 10.7. The minimum absolute atomic E-state index is 0.0366. The van der Waals surface area contributed by atoms with E-state index in [1.54, 1.807) is 25.3 Å². The number of hydrogen-bond acceptors (Lipinski definition) is 4. The van der Waals surface area contributed by atoms with E-state index in [0.29, 0.717) is 17.2 Å². The first kappa shape index (κ1) is 17.6.